The molecule has 2 rings (SSSR count). The van der Waals surface area contributed by atoms with Gasteiger partial charge in [-0.3, -0.25) is 0 Å². The zero-order valence-corrected chi connectivity index (χ0v) is 9.17. The van der Waals surface area contributed by atoms with E-state index in [0.717, 1.165) is 24.4 Å². The molecule has 1 saturated carbocycles. The summed E-state index contributed by atoms with van der Waals surface area (Å²) in [7, 11) is 0. The molecule has 0 aliphatic heterocycles. The van der Waals surface area contributed by atoms with Gasteiger partial charge in [0.1, 0.15) is 5.82 Å². The molecule has 0 unspecified atom stereocenters. The monoisotopic (exact) mass is 223 g/mol. The fraction of sp³-hybridized carbons (Fsp3) is 0.625. The number of aryl methyl sites for hydroxylation is 1. The first-order valence-electron chi connectivity index (χ1n) is 4.02. The fourth-order valence-electron chi connectivity index (χ4n) is 1.46. The van der Waals surface area contributed by atoms with Gasteiger partial charge in [-0.05, 0) is 26.2 Å². The van der Waals surface area contributed by atoms with E-state index >= 15 is 0 Å². The van der Waals surface area contributed by atoms with E-state index < -0.39 is 0 Å². The number of imidazole rings is 1. The molecular formula is C8H15Cl2N3. The van der Waals surface area contributed by atoms with E-state index in [1.165, 1.54) is 6.42 Å². The minimum absolute atomic E-state index is 0. The molecule has 1 aliphatic carbocycles. The van der Waals surface area contributed by atoms with Gasteiger partial charge < -0.3 is 10.7 Å². The van der Waals surface area contributed by atoms with Gasteiger partial charge in [0.15, 0.2) is 0 Å². The molecule has 0 bridgehead atoms. The first kappa shape index (κ1) is 12.8. The number of hydrogen-bond acceptors (Lipinski definition) is 2. The van der Waals surface area contributed by atoms with Gasteiger partial charge in [0, 0.05) is 11.9 Å². The van der Waals surface area contributed by atoms with E-state index in [-0.39, 0.29) is 30.4 Å². The number of rotatable bonds is 1. The van der Waals surface area contributed by atoms with Crippen LogP contribution in [-0.2, 0) is 5.54 Å². The van der Waals surface area contributed by atoms with Crippen LogP contribution in [0, 0.1) is 6.92 Å². The highest BCUT2D eigenvalue weighted by atomic mass is 35.5. The second kappa shape index (κ2) is 4.31. The zero-order valence-electron chi connectivity index (χ0n) is 7.54. The molecule has 1 aromatic heterocycles. The third-order valence-electron chi connectivity index (χ3n) is 2.42. The fourth-order valence-corrected chi connectivity index (χ4v) is 1.46. The highest BCUT2D eigenvalue weighted by molar-refractivity contribution is 5.85. The molecule has 1 heterocycles. The van der Waals surface area contributed by atoms with E-state index in [2.05, 4.69) is 9.97 Å². The van der Waals surface area contributed by atoms with Gasteiger partial charge in [-0.1, -0.05) is 0 Å². The summed E-state index contributed by atoms with van der Waals surface area (Å²) in [4.78, 5) is 7.41. The molecule has 1 aliphatic rings. The van der Waals surface area contributed by atoms with E-state index in [4.69, 9.17) is 5.73 Å². The molecular weight excluding hydrogens is 209 g/mol. The highest BCUT2D eigenvalue weighted by Gasteiger charge is 2.36. The maximum absolute atomic E-state index is 6.04. The molecule has 0 aromatic carbocycles. The Bertz CT molecular complexity index is 268. The lowest BCUT2D eigenvalue weighted by Crippen LogP contribution is -2.44. The summed E-state index contributed by atoms with van der Waals surface area (Å²) in [6, 6.07) is 0. The van der Waals surface area contributed by atoms with Gasteiger partial charge in [-0.15, -0.1) is 24.8 Å². The number of aromatic amines is 1. The molecule has 0 spiro atoms. The first-order valence-corrected chi connectivity index (χ1v) is 4.02. The van der Waals surface area contributed by atoms with E-state index in [1.807, 2.05) is 13.1 Å². The standard InChI is InChI=1S/C8H13N3.2ClH/c1-6-5-10-7(11-6)8(9)3-2-4-8;;/h5H,2-4,9H2,1H3,(H,10,11);2*1H. The number of nitrogens with one attached hydrogen (secondary N) is 1. The minimum Gasteiger partial charge on any atom is -0.345 e. The average Bonchev–Trinajstić information content (AvgIpc) is 2.31. The van der Waals surface area contributed by atoms with Gasteiger partial charge in [-0.25, -0.2) is 4.98 Å². The molecule has 1 fully saturated rings. The number of hydrogen-bond donors (Lipinski definition) is 2. The molecule has 0 atom stereocenters. The summed E-state index contributed by atoms with van der Waals surface area (Å²) < 4.78 is 0. The van der Waals surface area contributed by atoms with Crippen molar-refractivity contribution < 1.29 is 0 Å². The third kappa shape index (κ3) is 2.16. The second-order valence-corrected chi connectivity index (χ2v) is 3.42. The van der Waals surface area contributed by atoms with Crippen molar-refractivity contribution in [1.82, 2.24) is 9.97 Å². The van der Waals surface area contributed by atoms with Crippen molar-refractivity contribution in [3.05, 3.63) is 17.7 Å². The Hall–Kier alpha value is -0.250. The van der Waals surface area contributed by atoms with Crippen LogP contribution in [0.3, 0.4) is 0 Å². The number of nitrogens with two attached hydrogens (primary N) is 1. The normalized spacial score (nSPS) is 18.0. The highest BCUT2D eigenvalue weighted by Crippen LogP contribution is 2.36. The molecule has 76 valence electrons. The zero-order chi connectivity index (χ0) is 7.90. The Balaban J connectivity index is 0.000000720. The van der Waals surface area contributed by atoms with E-state index in [1.54, 1.807) is 0 Å². The molecule has 3 nitrogen and oxygen atoms in total. The van der Waals surface area contributed by atoms with Gasteiger partial charge in [0.05, 0.1) is 5.54 Å². The quantitative estimate of drug-likeness (QED) is 0.765. The second-order valence-electron chi connectivity index (χ2n) is 3.42. The van der Waals surface area contributed by atoms with Gasteiger partial charge >= 0.3 is 0 Å². The molecule has 13 heavy (non-hydrogen) atoms. The lowest BCUT2D eigenvalue weighted by atomic mass is 9.77. The Morgan fingerprint density at radius 1 is 1.46 bits per heavy atom. The maximum atomic E-state index is 6.04. The van der Waals surface area contributed by atoms with Crippen molar-refractivity contribution in [2.24, 2.45) is 5.73 Å². The minimum atomic E-state index is -0.131. The van der Waals surface area contributed by atoms with Crippen LogP contribution in [0.5, 0.6) is 0 Å². The van der Waals surface area contributed by atoms with Crippen LogP contribution < -0.4 is 5.73 Å². The summed E-state index contributed by atoms with van der Waals surface area (Å²) in [5.74, 6) is 0.959. The Morgan fingerprint density at radius 3 is 2.38 bits per heavy atom. The summed E-state index contributed by atoms with van der Waals surface area (Å²) in [5, 5.41) is 0. The SMILES string of the molecule is Cc1cnc(C2(N)CCC2)[nH]1.Cl.Cl. The van der Waals surface area contributed by atoms with Crippen LogP contribution in [0.25, 0.3) is 0 Å². The van der Waals surface area contributed by atoms with Crippen LogP contribution in [-0.4, -0.2) is 9.97 Å². The smallest absolute Gasteiger partial charge is 0.126 e. The number of aromatic nitrogens is 2. The van der Waals surface area contributed by atoms with Gasteiger partial charge in [0.25, 0.3) is 0 Å². The van der Waals surface area contributed by atoms with E-state index in [0.29, 0.717) is 0 Å². The number of halogens is 2. The molecule has 5 heteroatoms. The first-order chi connectivity index (χ1) is 5.21. The molecule has 0 amide bonds. The van der Waals surface area contributed by atoms with Crippen molar-refractivity contribution in [1.29, 1.82) is 0 Å². The van der Waals surface area contributed by atoms with Crippen LogP contribution >= 0.6 is 24.8 Å². The lowest BCUT2D eigenvalue weighted by Gasteiger charge is -2.35. The maximum Gasteiger partial charge on any atom is 0.126 e. The van der Waals surface area contributed by atoms with Crippen molar-refractivity contribution in [3.8, 4) is 0 Å². The summed E-state index contributed by atoms with van der Waals surface area (Å²) in [6.45, 7) is 2.00. The predicted molar refractivity (Wildman–Crippen MR) is 57.5 cm³/mol. The predicted octanol–water partition coefficient (Wildman–Crippen LogP) is 1.90. The average molecular weight is 224 g/mol. The Morgan fingerprint density at radius 2 is 2.08 bits per heavy atom. The third-order valence-corrected chi connectivity index (χ3v) is 2.42. The van der Waals surface area contributed by atoms with Gasteiger partial charge in [-0.2, -0.15) is 0 Å². The summed E-state index contributed by atoms with van der Waals surface area (Å²) in [6.07, 6.45) is 5.21. The summed E-state index contributed by atoms with van der Waals surface area (Å²) >= 11 is 0. The molecule has 0 saturated heterocycles. The van der Waals surface area contributed by atoms with Crippen LogP contribution in [0.2, 0.25) is 0 Å². The topological polar surface area (TPSA) is 54.7 Å². The van der Waals surface area contributed by atoms with Crippen molar-refractivity contribution in [3.63, 3.8) is 0 Å². The van der Waals surface area contributed by atoms with Crippen molar-refractivity contribution >= 4 is 24.8 Å². The molecule has 3 N–H and O–H groups in total. The van der Waals surface area contributed by atoms with E-state index in [9.17, 15) is 0 Å². The summed E-state index contributed by atoms with van der Waals surface area (Å²) in [5.41, 5.74) is 7.01. The largest absolute Gasteiger partial charge is 0.345 e. The van der Waals surface area contributed by atoms with Crippen molar-refractivity contribution in [2.75, 3.05) is 0 Å². The van der Waals surface area contributed by atoms with Crippen LogP contribution in [0.4, 0.5) is 0 Å². The van der Waals surface area contributed by atoms with Crippen molar-refractivity contribution in [2.45, 2.75) is 31.7 Å². The van der Waals surface area contributed by atoms with Gasteiger partial charge in [0.2, 0.25) is 0 Å². The lowest BCUT2D eigenvalue weighted by molar-refractivity contribution is 0.240. The van der Waals surface area contributed by atoms with Crippen LogP contribution in [0.1, 0.15) is 30.8 Å². The van der Waals surface area contributed by atoms with Crippen LogP contribution in [0.15, 0.2) is 6.20 Å². The number of H-pyrrole nitrogens is 1. The Labute approximate surface area is 90.3 Å². The Kier molecular flexibility index (Phi) is 4.23. The number of nitrogens with zero attached hydrogens (tertiary/aromatic N) is 1. The molecule has 1 aromatic rings. The molecule has 0 radical (unpaired) electrons.